The monoisotopic (exact) mass is 589 g/mol. The second-order valence-electron chi connectivity index (χ2n) is 10.7. The first-order chi connectivity index (χ1) is 20.1. The zero-order valence-electron chi connectivity index (χ0n) is 23.8. The zero-order chi connectivity index (χ0) is 29.9. The van der Waals surface area contributed by atoms with E-state index in [2.05, 4.69) is 28.8 Å². The maximum absolute atomic E-state index is 13.1. The molecule has 0 bridgehead atoms. The number of aryl methyl sites for hydroxylation is 1. The van der Waals surface area contributed by atoms with E-state index in [0.717, 1.165) is 27.7 Å². The average Bonchev–Trinajstić information content (AvgIpc) is 3.48. The molecule has 4 aromatic rings. The third-order valence-electron chi connectivity index (χ3n) is 7.87. The number of aromatic nitrogens is 1. The van der Waals surface area contributed by atoms with Crippen molar-refractivity contribution in [3.05, 3.63) is 95.7 Å². The van der Waals surface area contributed by atoms with Gasteiger partial charge in [0.2, 0.25) is 0 Å². The van der Waals surface area contributed by atoms with E-state index >= 15 is 0 Å². The maximum Gasteiger partial charge on any atom is 0.424 e. The van der Waals surface area contributed by atoms with Gasteiger partial charge < -0.3 is 9.30 Å². The van der Waals surface area contributed by atoms with Gasteiger partial charge in [-0.25, -0.2) is 14.8 Å². The van der Waals surface area contributed by atoms with Crippen molar-refractivity contribution in [3.63, 3.8) is 0 Å². The van der Waals surface area contributed by atoms with Gasteiger partial charge >= 0.3 is 6.09 Å². The normalized spacial score (nSPS) is 12.9. The van der Waals surface area contributed by atoms with Gasteiger partial charge in [-0.05, 0) is 46.2 Å². The second kappa shape index (κ2) is 12.5. The number of para-hydroxylation sites is 1. The molecule has 0 aliphatic heterocycles. The third-order valence-corrected chi connectivity index (χ3v) is 8.68. The molecule has 0 spiro atoms. The van der Waals surface area contributed by atoms with Crippen LogP contribution in [0.1, 0.15) is 42.0 Å². The van der Waals surface area contributed by atoms with Crippen molar-refractivity contribution >= 4 is 32.9 Å². The van der Waals surface area contributed by atoms with Gasteiger partial charge in [0.15, 0.2) is 0 Å². The van der Waals surface area contributed by atoms with Crippen LogP contribution in [-0.2, 0) is 32.7 Å². The molecule has 1 aromatic heterocycles. The number of fused-ring (bicyclic) bond motifs is 4. The minimum atomic E-state index is -4.08. The van der Waals surface area contributed by atoms with Gasteiger partial charge in [-0.15, -0.1) is 0 Å². The lowest BCUT2D eigenvalue weighted by Crippen LogP contribution is -2.41. The Bertz CT molecular complexity index is 1670. The van der Waals surface area contributed by atoms with Gasteiger partial charge in [0.1, 0.15) is 12.4 Å². The highest BCUT2D eigenvalue weighted by Gasteiger charge is 2.30. The number of Topliss-reactive ketones (excluding diaryl/α,β-unsaturated/α-hetero) is 1. The molecule has 10 heteroatoms. The molecule has 0 radical (unpaired) electrons. The van der Waals surface area contributed by atoms with E-state index in [1.54, 1.807) is 12.1 Å². The molecule has 0 unspecified atom stereocenters. The van der Waals surface area contributed by atoms with Crippen LogP contribution in [0, 0.1) is 0 Å². The van der Waals surface area contributed by atoms with Gasteiger partial charge in [-0.1, -0.05) is 66.7 Å². The van der Waals surface area contributed by atoms with Crippen LogP contribution in [0.5, 0.6) is 0 Å². The molecular formula is C32H35N3O6S. The molecule has 0 atom stereocenters. The standard InChI is InChI=1S/C32H35N3O6S/c1-33(34(2)32(37)41-22-30-28-14-6-4-12-26(28)27-13-5-7-15-29(27)30)21-24-20-23-10-3-8-16-31(23)35(24)18-17-25(36)11-9-19-42(38,39)40/h3-8,10,12-16,20,30H,9,11,17-19,21-22H2,1-2H3,(H,38,39,40). The Morgan fingerprint density at radius 1 is 0.905 bits per heavy atom. The molecule has 0 saturated heterocycles. The number of nitrogens with zero attached hydrogens (tertiary/aromatic N) is 3. The van der Waals surface area contributed by atoms with Gasteiger partial charge in [-0.2, -0.15) is 8.42 Å². The Labute approximate surface area is 246 Å². The number of benzene rings is 3. The van der Waals surface area contributed by atoms with Crippen molar-refractivity contribution in [2.24, 2.45) is 0 Å². The fourth-order valence-electron chi connectivity index (χ4n) is 5.64. The van der Waals surface area contributed by atoms with Crippen molar-refractivity contribution < 1.29 is 27.3 Å². The van der Waals surface area contributed by atoms with E-state index < -0.39 is 22.0 Å². The van der Waals surface area contributed by atoms with Gasteiger partial charge in [-0.3, -0.25) is 9.35 Å². The summed E-state index contributed by atoms with van der Waals surface area (Å²) in [4.78, 5) is 25.6. The summed E-state index contributed by atoms with van der Waals surface area (Å²) in [6, 6.07) is 26.3. The molecule has 1 heterocycles. The lowest BCUT2D eigenvalue weighted by molar-refractivity contribution is -0.119. The van der Waals surface area contributed by atoms with Crippen molar-refractivity contribution in [3.8, 4) is 11.1 Å². The fraction of sp³-hybridized carbons (Fsp3) is 0.312. The Hall–Kier alpha value is -3.99. The van der Waals surface area contributed by atoms with Crippen LogP contribution in [0.3, 0.4) is 0 Å². The highest BCUT2D eigenvalue weighted by atomic mass is 32.2. The maximum atomic E-state index is 13.1. The summed E-state index contributed by atoms with van der Waals surface area (Å²) in [6.45, 7) is 1.04. The number of carbonyl (C=O) groups is 2. The smallest absolute Gasteiger partial charge is 0.424 e. The first-order valence-corrected chi connectivity index (χ1v) is 15.6. The van der Waals surface area contributed by atoms with Gasteiger partial charge in [0.25, 0.3) is 10.1 Å². The summed E-state index contributed by atoms with van der Waals surface area (Å²) in [5.41, 5.74) is 6.53. The Balaban J connectivity index is 1.23. The number of hydrogen-bond donors (Lipinski definition) is 1. The molecule has 5 rings (SSSR count). The molecule has 1 aliphatic carbocycles. The molecular weight excluding hydrogens is 554 g/mol. The van der Waals surface area contributed by atoms with Gasteiger partial charge in [0.05, 0.1) is 12.3 Å². The lowest BCUT2D eigenvalue weighted by atomic mass is 9.98. The zero-order valence-corrected chi connectivity index (χ0v) is 24.6. The van der Waals surface area contributed by atoms with E-state index in [1.165, 1.54) is 16.1 Å². The lowest BCUT2D eigenvalue weighted by Gasteiger charge is -2.28. The topological polar surface area (TPSA) is 109 Å². The van der Waals surface area contributed by atoms with Crippen molar-refractivity contribution in [1.82, 2.24) is 14.6 Å². The predicted octanol–water partition coefficient (Wildman–Crippen LogP) is 5.50. The molecule has 42 heavy (non-hydrogen) atoms. The number of ether oxygens (including phenoxy) is 1. The van der Waals surface area contributed by atoms with Crippen molar-refractivity contribution in [2.75, 3.05) is 26.5 Å². The Kier molecular flexibility index (Phi) is 8.77. The van der Waals surface area contributed by atoms with E-state index in [4.69, 9.17) is 9.29 Å². The molecule has 0 fully saturated rings. The Morgan fingerprint density at radius 2 is 1.52 bits per heavy atom. The number of carbonyl (C=O) groups excluding carboxylic acids is 2. The molecule has 9 nitrogen and oxygen atoms in total. The van der Waals surface area contributed by atoms with Crippen LogP contribution in [0.25, 0.3) is 22.0 Å². The number of hydrazine groups is 1. The second-order valence-corrected chi connectivity index (χ2v) is 12.2. The molecule has 1 N–H and O–H groups in total. The van der Waals surface area contributed by atoms with Crippen LogP contribution in [0.2, 0.25) is 0 Å². The Morgan fingerprint density at radius 3 is 2.19 bits per heavy atom. The summed E-state index contributed by atoms with van der Waals surface area (Å²) < 4.78 is 38.7. The van der Waals surface area contributed by atoms with Crippen LogP contribution < -0.4 is 0 Å². The fourth-order valence-corrected chi connectivity index (χ4v) is 6.15. The van der Waals surface area contributed by atoms with E-state index in [1.807, 2.05) is 61.6 Å². The van der Waals surface area contributed by atoms with Crippen LogP contribution >= 0.6 is 0 Å². The van der Waals surface area contributed by atoms with E-state index in [9.17, 15) is 18.0 Å². The first-order valence-electron chi connectivity index (χ1n) is 14.0. The molecule has 0 saturated carbocycles. The minimum absolute atomic E-state index is 0.0300. The highest BCUT2D eigenvalue weighted by molar-refractivity contribution is 7.85. The minimum Gasteiger partial charge on any atom is -0.447 e. The number of hydrogen-bond acceptors (Lipinski definition) is 6. The first kappa shape index (κ1) is 29.5. The largest absolute Gasteiger partial charge is 0.447 e. The average molecular weight is 590 g/mol. The van der Waals surface area contributed by atoms with Crippen molar-refractivity contribution in [2.45, 2.75) is 38.3 Å². The van der Waals surface area contributed by atoms with Crippen LogP contribution in [0.15, 0.2) is 78.9 Å². The molecule has 1 aliphatic rings. The van der Waals surface area contributed by atoms with Crippen LogP contribution in [-0.4, -0.2) is 65.9 Å². The molecule has 220 valence electrons. The van der Waals surface area contributed by atoms with E-state index in [-0.39, 0.29) is 37.6 Å². The van der Waals surface area contributed by atoms with Crippen LogP contribution in [0.4, 0.5) is 4.79 Å². The summed E-state index contributed by atoms with van der Waals surface area (Å²) in [6.07, 6.45) is -0.0667. The highest BCUT2D eigenvalue weighted by Crippen LogP contribution is 2.44. The van der Waals surface area contributed by atoms with Crippen molar-refractivity contribution in [1.29, 1.82) is 0 Å². The summed E-state index contributed by atoms with van der Waals surface area (Å²) in [7, 11) is -0.602. The SMILES string of the molecule is CN(Cc1cc2ccccc2n1CCC(=O)CCCS(=O)(=O)O)N(C)C(=O)OCC1c2ccccc2-c2ccccc21. The molecule has 3 aromatic carbocycles. The number of ketones is 1. The quantitative estimate of drug-likeness (QED) is 0.172. The summed E-state index contributed by atoms with van der Waals surface area (Å²) >= 11 is 0. The summed E-state index contributed by atoms with van der Waals surface area (Å²) in [5, 5.41) is 4.25. The summed E-state index contributed by atoms with van der Waals surface area (Å²) in [5.74, 6) is -0.534. The number of amides is 1. The molecule has 1 amide bonds. The third kappa shape index (κ3) is 6.56. The number of rotatable bonds is 12. The van der Waals surface area contributed by atoms with E-state index in [0.29, 0.717) is 13.1 Å². The predicted molar refractivity (Wildman–Crippen MR) is 162 cm³/mol. The van der Waals surface area contributed by atoms with Gasteiger partial charge in [0, 0.05) is 50.6 Å².